The molecule has 0 unspecified atom stereocenters. The van der Waals surface area contributed by atoms with Gasteiger partial charge in [-0.2, -0.15) is 13.2 Å². The second-order valence-electron chi connectivity index (χ2n) is 8.40. The number of sulfonamides is 1. The third-order valence-corrected chi connectivity index (χ3v) is 7.38. The van der Waals surface area contributed by atoms with Crippen LogP contribution < -0.4 is 14.8 Å². The Morgan fingerprint density at radius 1 is 0.949 bits per heavy atom. The van der Waals surface area contributed by atoms with Crippen molar-refractivity contribution in [2.24, 2.45) is 0 Å². The van der Waals surface area contributed by atoms with E-state index in [2.05, 4.69) is 20.0 Å². The minimum Gasteiger partial charge on any atom is -0.456 e. The first-order chi connectivity index (χ1) is 18.4. The second-order valence-corrected chi connectivity index (χ2v) is 11.6. The largest absolute Gasteiger partial charge is 0.456 e. The molecule has 0 aliphatic heterocycles. The molecule has 0 amide bonds. The van der Waals surface area contributed by atoms with E-state index >= 15 is 0 Å². The lowest BCUT2D eigenvalue weighted by Gasteiger charge is -2.12. The van der Waals surface area contributed by atoms with Crippen molar-refractivity contribution >= 4 is 60.4 Å². The molecule has 200 valence electrons. The number of alkyl halides is 3. The van der Waals surface area contributed by atoms with Gasteiger partial charge in [0.2, 0.25) is 10.0 Å². The molecule has 13 heteroatoms. The van der Waals surface area contributed by atoms with E-state index in [0.29, 0.717) is 17.2 Å². The maximum atomic E-state index is 13.0. The summed E-state index contributed by atoms with van der Waals surface area (Å²) in [6, 6.07) is 18.2. The van der Waals surface area contributed by atoms with Crippen LogP contribution in [0.15, 0.2) is 79.1 Å². The molecule has 39 heavy (non-hydrogen) atoms. The van der Waals surface area contributed by atoms with Gasteiger partial charge in [-0.3, -0.25) is 4.72 Å². The number of aromatic nitrogens is 2. The van der Waals surface area contributed by atoms with E-state index in [1.807, 2.05) is 18.2 Å². The highest BCUT2D eigenvalue weighted by molar-refractivity contribution is 7.92. The van der Waals surface area contributed by atoms with Crippen molar-refractivity contribution < 1.29 is 26.3 Å². The Labute approximate surface area is 230 Å². The summed E-state index contributed by atoms with van der Waals surface area (Å²) < 4.78 is 69.9. The van der Waals surface area contributed by atoms with Crippen LogP contribution in [0.4, 0.5) is 30.4 Å². The predicted molar refractivity (Wildman–Crippen MR) is 148 cm³/mol. The van der Waals surface area contributed by atoms with Crippen molar-refractivity contribution in [1.82, 2.24) is 9.97 Å². The smallest absolute Gasteiger partial charge is 0.416 e. The third kappa shape index (κ3) is 6.41. The standard InChI is InChI=1S/C26H18ClF3N4O3S2/c1-39(35,36)34-17-7-5-15(6-8-17)23-13-20-24(31-14-32-25(20)38-23)33-18-9-10-22(21(27)12-18)37-19-4-2-3-16(11-19)26(28,29)30/h2-14,34H,1H3,(H,31,32,33). The third-order valence-electron chi connectivity index (χ3n) is 5.39. The quantitative estimate of drug-likeness (QED) is 0.200. The molecule has 0 aliphatic rings. The fourth-order valence-corrected chi connectivity index (χ4v) is 5.46. The minimum atomic E-state index is -4.49. The van der Waals surface area contributed by atoms with Crippen molar-refractivity contribution in [1.29, 1.82) is 0 Å². The Balaban J connectivity index is 1.36. The molecule has 0 saturated heterocycles. The Morgan fingerprint density at radius 2 is 1.69 bits per heavy atom. The summed E-state index contributed by atoms with van der Waals surface area (Å²) in [4.78, 5) is 10.3. The molecule has 0 bridgehead atoms. The van der Waals surface area contributed by atoms with Gasteiger partial charge in [0.25, 0.3) is 0 Å². The van der Waals surface area contributed by atoms with Crippen LogP contribution in [0.25, 0.3) is 20.7 Å². The molecule has 7 nitrogen and oxygen atoms in total. The first-order valence-electron chi connectivity index (χ1n) is 11.2. The molecule has 2 aromatic heterocycles. The number of nitrogens with zero attached hydrogens (tertiary/aromatic N) is 2. The molecule has 0 atom stereocenters. The summed E-state index contributed by atoms with van der Waals surface area (Å²) >= 11 is 7.82. The summed E-state index contributed by atoms with van der Waals surface area (Å²) in [5.74, 6) is 0.734. The molecule has 0 saturated carbocycles. The molecule has 2 N–H and O–H groups in total. The molecule has 0 spiro atoms. The van der Waals surface area contributed by atoms with Crippen molar-refractivity contribution in [3.63, 3.8) is 0 Å². The lowest BCUT2D eigenvalue weighted by Crippen LogP contribution is -2.09. The van der Waals surface area contributed by atoms with Crippen LogP contribution in [0.5, 0.6) is 11.5 Å². The van der Waals surface area contributed by atoms with Gasteiger partial charge < -0.3 is 10.1 Å². The number of thiophene rings is 1. The van der Waals surface area contributed by atoms with Crippen LogP contribution in [-0.2, 0) is 16.2 Å². The van der Waals surface area contributed by atoms with Crippen molar-refractivity contribution in [3.8, 4) is 21.9 Å². The lowest BCUT2D eigenvalue weighted by atomic mass is 10.1. The molecule has 0 aliphatic carbocycles. The van der Waals surface area contributed by atoms with Crippen LogP contribution >= 0.6 is 22.9 Å². The zero-order valence-electron chi connectivity index (χ0n) is 20.0. The van der Waals surface area contributed by atoms with Crippen LogP contribution in [0.1, 0.15) is 5.56 Å². The molecule has 5 rings (SSSR count). The van der Waals surface area contributed by atoms with Crippen LogP contribution in [0.2, 0.25) is 5.02 Å². The highest BCUT2D eigenvalue weighted by Gasteiger charge is 2.30. The van der Waals surface area contributed by atoms with Crippen molar-refractivity contribution in [3.05, 3.63) is 89.7 Å². The summed E-state index contributed by atoms with van der Waals surface area (Å²) in [7, 11) is -3.37. The van der Waals surface area contributed by atoms with Gasteiger partial charge in [0.05, 0.1) is 22.2 Å². The number of anilines is 3. The van der Waals surface area contributed by atoms with Crippen molar-refractivity contribution in [2.45, 2.75) is 6.18 Å². The summed E-state index contributed by atoms with van der Waals surface area (Å²) in [6.07, 6.45) is -1.97. The second kappa shape index (κ2) is 10.4. The monoisotopic (exact) mass is 590 g/mol. The lowest BCUT2D eigenvalue weighted by molar-refractivity contribution is -0.137. The summed E-state index contributed by atoms with van der Waals surface area (Å²) in [5, 5.41) is 4.15. The van der Waals surface area contributed by atoms with Gasteiger partial charge in [0.15, 0.2) is 0 Å². The van der Waals surface area contributed by atoms with Gasteiger partial charge in [0.1, 0.15) is 28.5 Å². The van der Waals surface area contributed by atoms with Gasteiger partial charge in [-0.05, 0) is 60.2 Å². The fourth-order valence-electron chi connectivity index (χ4n) is 3.67. The SMILES string of the molecule is CS(=O)(=O)Nc1ccc(-c2cc3c(Nc4ccc(Oc5cccc(C(F)(F)F)c5)c(Cl)c4)ncnc3s2)cc1. The number of fused-ring (bicyclic) bond motifs is 1. The van der Waals surface area contributed by atoms with Gasteiger partial charge in [-0.25, -0.2) is 18.4 Å². The number of halogens is 4. The summed E-state index contributed by atoms with van der Waals surface area (Å²) in [6.45, 7) is 0. The first kappa shape index (κ1) is 26.7. The number of nitrogens with one attached hydrogen (secondary N) is 2. The molecule has 0 radical (unpaired) electrons. The Hall–Kier alpha value is -3.87. The van der Waals surface area contributed by atoms with E-state index in [0.717, 1.165) is 39.0 Å². The van der Waals surface area contributed by atoms with E-state index in [1.54, 1.807) is 30.3 Å². The molecule has 5 aromatic rings. The number of hydrogen-bond donors (Lipinski definition) is 2. The van der Waals surface area contributed by atoms with E-state index in [-0.39, 0.29) is 16.5 Å². The average Bonchev–Trinajstić information content (AvgIpc) is 3.30. The number of ether oxygens (including phenoxy) is 1. The minimum absolute atomic E-state index is 0.0101. The molecule has 0 fully saturated rings. The Bertz CT molecular complexity index is 1780. The predicted octanol–water partition coefficient (Wildman–Crippen LogP) is 7.94. The van der Waals surface area contributed by atoms with Gasteiger partial charge in [-0.15, -0.1) is 11.3 Å². The van der Waals surface area contributed by atoms with Gasteiger partial charge in [0, 0.05) is 16.3 Å². The highest BCUT2D eigenvalue weighted by atomic mass is 35.5. The van der Waals surface area contributed by atoms with E-state index in [4.69, 9.17) is 16.3 Å². The number of rotatable bonds is 7. The summed E-state index contributed by atoms with van der Waals surface area (Å²) in [5.41, 5.74) is 1.10. The maximum Gasteiger partial charge on any atom is 0.416 e. The number of benzene rings is 3. The highest BCUT2D eigenvalue weighted by Crippen LogP contribution is 2.38. The van der Waals surface area contributed by atoms with Crippen LogP contribution in [-0.4, -0.2) is 24.6 Å². The fraction of sp³-hybridized carbons (Fsp3) is 0.0769. The Kier molecular flexibility index (Phi) is 7.10. The van der Waals surface area contributed by atoms with Crippen molar-refractivity contribution in [2.75, 3.05) is 16.3 Å². The molecular formula is C26H18ClF3N4O3S2. The van der Waals surface area contributed by atoms with Gasteiger partial charge in [-0.1, -0.05) is 29.8 Å². The van der Waals surface area contributed by atoms with E-state index in [9.17, 15) is 21.6 Å². The molecule has 2 heterocycles. The average molecular weight is 591 g/mol. The van der Waals surface area contributed by atoms with Gasteiger partial charge >= 0.3 is 6.18 Å². The topological polar surface area (TPSA) is 93.2 Å². The number of hydrogen-bond acceptors (Lipinski definition) is 7. The maximum absolute atomic E-state index is 13.0. The zero-order chi connectivity index (χ0) is 27.8. The van der Waals surface area contributed by atoms with Crippen LogP contribution in [0, 0.1) is 0 Å². The first-order valence-corrected chi connectivity index (χ1v) is 14.3. The zero-order valence-corrected chi connectivity index (χ0v) is 22.3. The van der Waals surface area contributed by atoms with E-state index < -0.39 is 21.8 Å². The molecule has 3 aromatic carbocycles. The van der Waals surface area contributed by atoms with E-state index in [1.165, 1.54) is 29.8 Å². The van der Waals surface area contributed by atoms with Crippen LogP contribution in [0.3, 0.4) is 0 Å². The normalized spacial score (nSPS) is 11.9. The molecular weight excluding hydrogens is 573 g/mol. The Morgan fingerprint density at radius 3 is 2.38 bits per heavy atom.